The van der Waals surface area contributed by atoms with Crippen LogP contribution < -0.4 is 10.1 Å². The van der Waals surface area contributed by atoms with Crippen molar-refractivity contribution in [3.8, 4) is 5.75 Å². The summed E-state index contributed by atoms with van der Waals surface area (Å²) in [6.45, 7) is 0.709. The van der Waals surface area contributed by atoms with Crippen LogP contribution in [0.25, 0.3) is 10.8 Å². The van der Waals surface area contributed by atoms with Crippen LogP contribution in [0.4, 0.5) is 10.1 Å². The van der Waals surface area contributed by atoms with E-state index >= 15 is 0 Å². The first kappa shape index (κ1) is 20.8. The predicted octanol–water partition coefficient (Wildman–Crippen LogP) is 8.13. The molecule has 30 heavy (non-hydrogen) atoms. The Morgan fingerprint density at radius 2 is 1.53 bits per heavy atom. The third kappa shape index (κ3) is 4.49. The molecule has 152 valence electrons. The summed E-state index contributed by atoms with van der Waals surface area (Å²) in [5.41, 5.74) is 2.42. The van der Waals surface area contributed by atoms with Crippen molar-refractivity contribution in [3.05, 3.63) is 105 Å². The fourth-order valence-corrected chi connectivity index (χ4v) is 3.94. The number of anilines is 1. The van der Waals surface area contributed by atoms with Crippen molar-refractivity contribution >= 4 is 51.3 Å². The monoisotopic (exact) mass is 459 g/mol. The fourth-order valence-electron chi connectivity index (χ4n) is 3.25. The second-order valence-corrected chi connectivity index (χ2v) is 7.96. The third-order valence-electron chi connectivity index (χ3n) is 4.82. The van der Waals surface area contributed by atoms with Crippen LogP contribution in [0, 0.1) is 5.82 Å². The first-order valence-electron chi connectivity index (χ1n) is 9.28. The Balaban J connectivity index is 1.64. The van der Waals surface area contributed by atoms with E-state index in [1.54, 1.807) is 30.3 Å². The van der Waals surface area contributed by atoms with Gasteiger partial charge in [-0.3, -0.25) is 0 Å². The molecule has 0 saturated carbocycles. The van der Waals surface area contributed by atoms with Gasteiger partial charge in [0, 0.05) is 33.4 Å². The highest BCUT2D eigenvalue weighted by molar-refractivity contribution is 6.36. The molecule has 6 heteroatoms. The van der Waals surface area contributed by atoms with E-state index in [2.05, 4.69) is 5.32 Å². The van der Waals surface area contributed by atoms with Gasteiger partial charge in [0.05, 0.1) is 5.02 Å². The predicted molar refractivity (Wildman–Crippen MR) is 123 cm³/mol. The molecule has 2 nitrogen and oxygen atoms in total. The van der Waals surface area contributed by atoms with Crippen LogP contribution in [0.5, 0.6) is 5.75 Å². The first-order chi connectivity index (χ1) is 14.5. The molecule has 0 bridgehead atoms. The van der Waals surface area contributed by atoms with Gasteiger partial charge in [0.15, 0.2) is 0 Å². The SMILES string of the molecule is Fc1ccc(NCc2c(OCc3c(Cl)cccc3Cl)ccc3ccccc23)cc1Cl. The second kappa shape index (κ2) is 9.13. The van der Waals surface area contributed by atoms with Crippen LogP contribution in [-0.2, 0) is 13.2 Å². The summed E-state index contributed by atoms with van der Waals surface area (Å²) >= 11 is 18.5. The Morgan fingerprint density at radius 3 is 2.30 bits per heavy atom. The normalized spacial score (nSPS) is 10.9. The summed E-state index contributed by atoms with van der Waals surface area (Å²) in [7, 11) is 0. The first-order valence-corrected chi connectivity index (χ1v) is 10.4. The molecule has 0 unspecified atom stereocenters. The van der Waals surface area contributed by atoms with Crippen molar-refractivity contribution < 1.29 is 9.13 Å². The van der Waals surface area contributed by atoms with Crippen LogP contribution in [0.15, 0.2) is 72.8 Å². The molecule has 0 heterocycles. The number of hydrogen-bond donors (Lipinski definition) is 1. The summed E-state index contributed by atoms with van der Waals surface area (Å²) in [5, 5.41) is 6.64. The largest absolute Gasteiger partial charge is 0.488 e. The lowest BCUT2D eigenvalue weighted by Crippen LogP contribution is -2.05. The highest BCUT2D eigenvalue weighted by Crippen LogP contribution is 2.32. The van der Waals surface area contributed by atoms with Gasteiger partial charge in [-0.1, -0.05) is 71.2 Å². The zero-order chi connectivity index (χ0) is 21.1. The quantitative estimate of drug-likeness (QED) is 0.313. The average Bonchev–Trinajstić information content (AvgIpc) is 2.74. The molecule has 4 aromatic rings. The lowest BCUT2D eigenvalue weighted by Gasteiger charge is -2.17. The molecule has 0 aliphatic rings. The Labute approximate surface area is 189 Å². The maximum absolute atomic E-state index is 13.5. The van der Waals surface area contributed by atoms with Crippen LogP contribution in [0.1, 0.15) is 11.1 Å². The average molecular weight is 461 g/mol. The maximum atomic E-state index is 13.5. The van der Waals surface area contributed by atoms with Crippen LogP contribution >= 0.6 is 34.8 Å². The Kier molecular flexibility index (Phi) is 6.33. The van der Waals surface area contributed by atoms with Crippen molar-refractivity contribution in [3.63, 3.8) is 0 Å². The number of nitrogens with one attached hydrogen (secondary N) is 1. The van der Waals surface area contributed by atoms with Gasteiger partial charge in [0.1, 0.15) is 18.2 Å². The fraction of sp³-hybridized carbons (Fsp3) is 0.0833. The Bertz CT molecular complexity index is 1190. The van der Waals surface area contributed by atoms with Gasteiger partial charge in [0.25, 0.3) is 0 Å². The van der Waals surface area contributed by atoms with E-state index in [0.717, 1.165) is 27.6 Å². The van der Waals surface area contributed by atoms with Crippen LogP contribution in [0.3, 0.4) is 0 Å². The maximum Gasteiger partial charge on any atom is 0.141 e. The second-order valence-electron chi connectivity index (χ2n) is 6.73. The molecule has 0 saturated heterocycles. The standard InChI is InChI=1S/C24H17Cl3FNO/c25-20-6-3-7-21(26)19(20)14-30-24-11-8-15-4-1-2-5-17(15)18(24)13-29-16-9-10-23(28)22(27)12-16/h1-12,29H,13-14H2. The molecule has 4 rings (SSSR count). The lowest BCUT2D eigenvalue weighted by atomic mass is 10.0. The van der Waals surface area contributed by atoms with Gasteiger partial charge in [-0.05, 0) is 47.2 Å². The zero-order valence-electron chi connectivity index (χ0n) is 15.8. The van der Waals surface area contributed by atoms with E-state index < -0.39 is 5.82 Å². The molecule has 4 aromatic carbocycles. The Hall–Kier alpha value is -2.46. The van der Waals surface area contributed by atoms with Crippen molar-refractivity contribution in [1.29, 1.82) is 0 Å². The van der Waals surface area contributed by atoms with E-state index in [9.17, 15) is 4.39 Å². The van der Waals surface area contributed by atoms with Gasteiger partial charge < -0.3 is 10.1 Å². The molecule has 0 aromatic heterocycles. The van der Waals surface area contributed by atoms with Crippen molar-refractivity contribution in [1.82, 2.24) is 0 Å². The van der Waals surface area contributed by atoms with Gasteiger partial charge in [0.2, 0.25) is 0 Å². The van der Waals surface area contributed by atoms with Gasteiger partial charge in [-0.15, -0.1) is 0 Å². The minimum absolute atomic E-state index is 0.0720. The summed E-state index contributed by atoms with van der Waals surface area (Å²) in [6, 6.07) is 21.9. The van der Waals surface area contributed by atoms with Crippen LogP contribution in [-0.4, -0.2) is 0 Å². The van der Waals surface area contributed by atoms with Gasteiger partial charge >= 0.3 is 0 Å². The Morgan fingerprint density at radius 1 is 0.767 bits per heavy atom. The van der Waals surface area contributed by atoms with Gasteiger partial charge in [-0.25, -0.2) is 4.39 Å². The van der Waals surface area contributed by atoms with E-state index in [1.165, 1.54) is 6.07 Å². The summed E-state index contributed by atoms with van der Waals surface area (Å²) in [6.07, 6.45) is 0. The van der Waals surface area contributed by atoms with Gasteiger partial charge in [-0.2, -0.15) is 0 Å². The molecule has 0 radical (unpaired) electrons. The minimum atomic E-state index is -0.451. The summed E-state index contributed by atoms with van der Waals surface area (Å²) in [5.74, 6) is 0.262. The topological polar surface area (TPSA) is 21.3 Å². The third-order valence-corrected chi connectivity index (χ3v) is 5.82. The molecule has 0 atom stereocenters. The molecular weight excluding hydrogens is 444 g/mol. The molecule has 0 aliphatic carbocycles. The highest BCUT2D eigenvalue weighted by Gasteiger charge is 2.12. The number of rotatable bonds is 6. The van der Waals surface area contributed by atoms with Crippen LogP contribution in [0.2, 0.25) is 15.1 Å². The molecule has 0 fully saturated rings. The smallest absolute Gasteiger partial charge is 0.141 e. The van der Waals surface area contributed by atoms with E-state index in [0.29, 0.717) is 22.3 Å². The van der Waals surface area contributed by atoms with Crippen molar-refractivity contribution in [2.45, 2.75) is 13.2 Å². The number of fused-ring (bicyclic) bond motifs is 1. The number of benzene rings is 4. The minimum Gasteiger partial charge on any atom is -0.488 e. The number of ether oxygens (including phenoxy) is 1. The molecule has 0 amide bonds. The molecule has 1 N–H and O–H groups in total. The molecular formula is C24H17Cl3FNO. The summed E-state index contributed by atoms with van der Waals surface area (Å²) in [4.78, 5) is 0. The van der Waals surface area contributed by atoms with Crippen molar-refractivity contribution in [2.75, 3.05) is 5.32 Å². The van der Waals surface area contributed by atoms with E-state index in [-0.39, 0.29) is 11.6 Å². The molecule has 0 aliphatic heterocycles. The number of halogens is 4. The van der Waals surface area contributed by atoms with E-state index in [4.69, 9.17) is 39.5 Å². The number of hydrogen-bond acceptors (Lipinski definition) is 2. The zero-order valence-corrected chi connectivity index (χ0v) is 18.0. The summed E-state index contributed by atoms with van der Waals surface area (Å²) < 4.78 is 19.6. The molecule has 0 spiro atoms. The highest BCUT2D eigenvalue weighted by atomic mass is 35.5. The van der Waals surface area contributed by atoms with E-state index in [1.807, 2.05) is 36.4 Å². The van der Waals surface area contributed by atoms with Crippen molar-refractivity contribution in [2.24, 2.45) is 0 Å². The lowest BCUT2D eigenvalue weighted by molar-refractivity contribution is 0.304.